The van der Waals surface area contributed by atoms with Crippen LogP contribution in [0, 0.1) is 0 Å². The summed E-state index contributed by atoms with van der Waals surface area (Å²) in [5, 5.41) is 0. The molecule has 0 heterocycles. The molecule has 0 aliphatic rings. The van der Waals surface area contributed by atoms with Gasteiger partial charge in [-0.05, 0) is 28.0 Å². The summed E-state index contributed by atoms with van der Waals surface area (Å²) < 4.78 is 0. The molecule has 0 spiro atoms. The van der Waals surface area contributed by atoms with E-state index in [4.69, 9.17) is 0 Å². The molecule has 2 rings (SSSR count). The molecule has 2 aromatic rings. The maximum absolute atomic E-state index is 3.86. The maximum Gasteiger partial charge on any atom is 0.0461 e. The van der Waals surface area contributed by atoms with Crippen LogP contribution >= 0.6 is 15.9 Å². The number of benzene rings is 2. The second kappa shape index (κ2) is 6.13. The molecule has 0 radical (unpaired) electrons. The van der Waals surface area contributed by atoms with E-state index in [2.05, 4.69) is 98.2 Å². The van der Waals surface area contributed by atoms with E-state index in [1.807, 2.05) is 0 Å². The van der Waals surface area contributed by atoms with Crippen LogP contribution < -0.4 is 0 Å². The van der Waals surface area contributed by atoms with Crippen LogP contribution in [-0.2, 0) is 5.41 Å². The zero-order chi connectivity index (χ0) is 14.8. The van der Waals surface area contributed by atoms with Gasteiger partial charge in [0.2, 0.25) is 0 Å². The zero-order valence-corrected chi connectivity index (χ0v) is 14.3. The topological polar surface area (TPSA) is 0 Å². The van der Waals surface area contributed by atoms with Crippen molar-refractivity contribution in [2.24, 2.45) is 0 Å². The average molecular weight is 331 g/mol. The average Bonchev–Trinajstić information content (AvgIpc) is 2.46. The minimum absolute atomic E-state index is 0.214. The Morgan fingerprint density at radius 2 is 1.35 bits per heavy atom. The van der Waals surface area contributed by atoms with Gasteiger partial charge >= 0.3 is 0 Å². The Morgan fingerprint density at radius 1 is 0.800 bits per heavy atom. The summed E-state index contributed by atoms with van der Waals surface area (Å²) >= 11 is 3.86. The van der Waals surface area contributed by atoms with Gasteiger partial charge < -0.3 is 0 Å². The third-order valence-corrected chi connectivity index (χ3v) is 5.18. The largest absolute Gasteiger partial charge is 0.0832 e. The summed E-state index contributed by atoms with van der Waals surface area (Å²) in [7, 11) is 0. The predicted octanol–water partition coefficient (Wildman–Crippen LogP) is 6.22. The van der Waals surface area contributed by atoms with Crippen LogP contribution in [0.5, 0.6) is 0 Å². The van der Waals surface area contributed by atoms with Gasteiger partial charge in [0.05, 0.1) is 0 Å². The molecule has 0 bridgehead atoms. The summed E-state index contributed by atoms with van der Waals surface area (Å²) in [6.07, 6.45) is 0. The molecule has 2 aromatic carbocycles. The molecule has 0 fully saturated rings. The Morgan fingerprint density at radius 3 is 1.85 bits per heavy atom. The van der Waals surface area contributed by atoms with Crippen molar-refractivity contribution in [3.8, 4) is 0 Å². The molecule has 0 saturated carbocycles. The summed E-state index contributed by atoms with van der Waals surface area (Å²) in [4.78, 5) is 0.346. The van der Waals surface area contributed by atoms with Gasteiger partial charge in [0.1, 0.15) is 0 Å². The highest BCUT2D eigenvalue weighted by atomic mass is 79.9. The van der Waals surface area contributed by atoms with Gasteiger partial charge in [0.25, 0.3) is 0 Å². The van der Waals surface area contributed by atoms with Gasteiger partial charge in [-0.25, -0.2) is 0 Å². The molecule has 0 N–H and O–H groups in total. The molecule has 106 valence electrons. The van der Waals surface area contributed by atoms with Crippen molar-refractivity contribution >= 4 is 15.9 Å². The maximum atomic E-state index is 3.86. The van der Waals surface area contributed by atoms with Crippen LogP contribution in [0.15, 0.2) is 54.6 Å². The van der Waals surface area contributed by atoms with Crippen LogP contribution in [0.3, 0.4) is 0 Å². The third-order valence-electron chi connectivity index (χ3n) is 3.86. The number of halogens is 1. The quantitative estimate of drug-likeness (QED) is 0.585. The van der Waals surface area contributed by atoms with Crippen molar-refractivity contribution < 1.29 is 0 Å². The molecular weight excluding hydrogens is 308 g/mol. The number of hydrogen-bond acceptors (Lipinski definition) is 0. The normalized spacial score (nSPS) is 14.8. The van der Waals surface area contributed by atoms with Crippen molar-refractivity contribution in [3.05, 3.63) is 71.3 Å². The van der Waals surface area contributed by atoms with Gasteiger partial charge in [-0.1, -0.05) is 98.2 Å². The fourth-order valence-corrected chi connectivity index (χ4v) is 2.99. The van der Waals surface area contributed by atoms with E-state index in [-0.39, 0.29) is 5.41 Å². The second-order valence-corrected chi connectivity index (χ2v) is 7.46. The van der Waals surface area contributed by atoms with Gasteiger partial charge in [0.15, 0.2) is 0 Å². The SMILES string of the molecule is CC(c1ccccc1)C(Br)c1ccc(C(C)(C)C)cc1. The number of rotatable bonds is 3. The Labute approximate surface area is 131 Å². The first-order valence-corrected chi connectivity index (χ1v) is 8.10. The predicted molar refractivity (Wildman–Crippen MR) is 91.7 cm³/mol. The Kier molecular flexibility index (Phi) is 4.70. The standard InChI is InChI=1S/C19H23Br/c1-14(15-8-6-5-7-9-15)18(20)16-10-12-17(13-11-16)19(2,3)4/h5-14,18H,1-4H3. The summed E-state index contributed by atoms with van der Waals surface area (Å²) in [5.41, 5.74) is 4.31. The van der Waals surface area contributed by atoms with Crippen LogP contribution in [0.25, 0.3) is 0 Å². The highest BCUT2D eigenvalue weighted by molar-refractivity contribution is 9.09. The van der Waals surface area contributed by atoms with E-state index < -0.39 is 0 Å². The lowest BCUT2D eigenvalue weighted by molar-refractivity contribution is 0.589. The minimum Gasteiger partial charge on any atom is -0.0832 e. The number of hydrogen-bond donors (Lipinski definition) is 0. The summed E-state index contributed by atoms with van der Waals surface area (Å²) in [6, 6.07) is 19.7. The molecule has 0 nitrogen and oxygen atoms in total. The van der Waals surface area contributed by atoms with E-state index >= 15 is 0 Å². The van der Waals surface area contributed by atoms with E-state index in [0.717, 1.165) is 0 Å². The molecule has 0 saturated heterocycles. The van der Waals surface area contributed by atoms with E-state index in [1.54, 1.807) is 0 Å². The molecule has 0 aliphatic heterocycles. The first-order chi connectivity index (χ1) is 9.39. The number of alkyl halides is 1. The van der Waals surface area contributed by atoms with Crippen molar-refractivity contribution in [3.63, 3.8) is 0 Å². The van der Waals surface area contributed by atoms with Crippen LogP contribution in [0.4, 0.5) is 0 Å². The smallest absolute Gasteiger partial charge is 0.0461 e. The Hall–Kier alpha value is -1.08. The first-order valence-electron chi connectivity index (χ1n) is 7.19. The monoisotopic (exact) mass is 330 g/mol. The molecule has 0 amide bonds. The van der Waals surface area contributed by atoms with Crippen molar-refractivity contribution in [1.82, 2.24) is 0 Å². The zero-order valence-electron chi connectivity index (χ0n) is 12.7. The molecule has 0 aliphatic carbocycles. The van der Waals surface area contributed by atoms with E-state index in [9.17, 15) is 0 Å². The highest BCUT2D eigenvalue weighted by Crippen LogP contribution is 2.38. The minimum atomic E-state index is 0.214. The highest BCUT2D eigenvalue weighted by Gasteiger charge is 2.19. The lowest BCUT2D eigenvalue weighted by atomic mass is 9.85. The lowest BCUT2D eigenvalue weighted by Crippen LogP contribution is -2.11. The fraction of sp³-hybridized carbons (Fsp3) is 0.368. The molecule has 20 heavy (non-hydrogen) atoms. The van der Waals surface area contributed by atoms with Crippen LogP contribution in [-0.4, -0.2) is 0 Å². The first kappa shape index (κ1) is 15.3. The van der Waals surface area contributed by atoms with Crippen molar-refractivity contribution in [2.75, 3.05) is 0 Å². The van der Waals surface area contributed by atoms with E-state index in [0.29, 0.717) is 10.7 Å². The van der Waals surface area contributed by atoms with E-state index in [1.165, 1.54) is 16.7 Å². The van der Waals surface area contributed by atoms with Crippen LogP contribution in [0.2, 0.25) is 0 Å². The van der Waals surface area contributed by atoms with Gasteiger partial charge in [-0.15, -0.1) is 0 Å². The molecule has 2 atom stereocenters. The fourth-order valence-electron chi connectivity index (χ4n) is 2.38. The Bertz CT molecular complexity index is 534. The molecule has 2 unspecified atom stereocenters. The Balaban J connectivity index is 2.19. The van der Waals surface area contributed by atoms with Crippen molar-refractivity contribution in [2.45, 2.75) is 43.9 Å². The van der Waals surface area contributed by atoms with Gasteiger partial charge in [0, 0.05) is 4.83 Å². The van der Waals surface area contributed by atoms with Crippen LogP contribution in [0.1, 0.15) is 55.1 Å². The summed E-state index contributed by atoms with van der Waals surface area (Å²) in [5.74, 6) is 0.455. The molecule has 1 heteroatoms. The molecular formula is C19H23Br. The lowest BCUT2D eigenvalue weighted by Gasteiger charge is -2.22. The van der Waals surface area contributed by atoms with Gasteiger partial charge in [-0.3, -0.25) is 0 Å². The van der Waals surface area contributed by atoms with Crippen molar-refractivity contribution in [1.29, 1.82) is 0 Å². The molecule has 0 aromatic heterocycles. The summed E-state index contributed by atoms with van der Waals surface area (Å²) in [6.45, 7) is 9.02. The second-order valence-electron chi connectivity index (χ2n) is 6.47. The van der Waals surface area contributed by atoms with Gasteiger partial charge in [-0.2, -0.15) is 0 Å². The third kappa shape index (κ3) is 3.52.